The average molecular weight is 478 g/mol. The lowest BCUT2D eigenvalue weighted by atomic mass is 10.00. The zero-order valence-electron chi connectivity index (χ0n) is 19.8. The van der Waals surface area contributed by atoms with E-state index in [0.717, 1.165) is 48.9 Å². The summed E-state index contributed by atoms with van der Waals surface area (Å²) in [5.74, 6) is -1.99. The van der Waals surface area contributed by atoms with E-state index in [1.54, 1.807) is 12.4 Å². The number of hydrogen-bond donors (Lipinski definition) is 4. The summed E-state index contributed by atoms with van der Waals surface area (Å²) in [6.45, 7) is 6.80. The number of allylic oxidation sites excluding steroid dienone is 1. The molecule has 0 saturated heterocycles. The van der Waals surface area contributed by atoms with Gasteiger partial charge >= 0.3 is 0 Å². The Morgan fingerprint density at radius 1 is 1.14 bits per heavy atom. The van der Waals surface area contributed by atoms with Gasteiger partial charge in [0.05, 0.1) is 6.20 Å². The van der Waals surface area contributed by atoms with Gasteiger partial charge in [0.2, 0.25) is 5.79 Å². The Hall–Kier alpha value is -3.56. The van der Waals surface area contributed by atoms with Crippen LogP contribution >= 0.6 is 0 Å². The topological polar surface area (TPSA) is 92.3 Å². The van der Waals surface area contributed by atoms with E-state index in [0.29, 0.717) is 11.7 Å². The van der Waals surface area contributed by atoms with Crippen LogP contribution in [0, 0.1) is 17.6 Å². The molecule has 3 aromatic rings. The van der Waals surface area contributed by atoms with Gasteiger partial charge in [0.1, 0.15) is 17.5 Å². The van der Waals surface area contributed by atoms with Crippen LogP contribution in [0.3, 0.4) is 0 Å². The van der Waals surface area contributed by atoms with E-state index >= 15 is 0 Å². The fourth-order valence-electron chi connectivity index (χ4n) is 4.44. The number of benzene rings is 2. The third kappa shape index (κ3) is 4.96. The number of aliphatic imine (C=N–C) groups is 1. The summed E-state index contributed by atoms with van der Waals surface area (Å²) in [7, 11) is 0. The van der Waals surface area contributed by atoms with Crippen LogP contribution in [-0.2, 0) is 25.3 Å². The first-order chi connectivity index (χ1) is 16.8. The molecular formula is C26H29F2N7. The number of aromatic nitrogens is 2. The van der Waals surface area contributed by atoms with Crippen LogP contribution in [0.15, 0.2) is 59.6 Å². The third-order valence-corrected chi connectivity index (χ3v) is 6.14. The number of nitrogens with zero attached hydrogens (tertiary/aromatic N) is 3. The van der Waals surface area contributed by atoms with E-state index in [1.807, 2.05) is 16.9 Å². The van der Waals surface area contributed by atoms with Gasteiger partial charge in [-0.1, -0.05) is 19.9 Å². The molecule has 9 heteroatoms. The van der Waals surface area contributed by atoms with Crippen LogP contribution in [0.25, 0.3) is 5.57 Å². The molecule has 0 amide bonds. The second-order valence-electron chi connectivity index (χ2n) is 9.48. The SMILES string of the molecule is CC(C)Cn1cc(C2=C(Nc3ccc4c(c3)CNCC4)NC(N)(c3cc(F)cc(F)c3)N=C2)cn1. The largest absolute Gasteiger partial charge is 0.341 e. The van der Waals surface area contributed by atoms with Gasteiger partial charge < -0.3 is 16.0 Å². The summed E-state index contributed by atoms with van der Waals surface area (Å²) in [5.41, 5.74) is 11.7. The first kappa shape index (κ1) is 23.2. The van der Waals surface area contributed by atoms with Crippen molar-refractivity contribution in [2.45, 2.75) is 39.1 Å². The monoisotopic (exact) mass is 477 g/mol. The van der Waals surface area contributed by atoms with Crippen molar-refractivity contribution < 1.29 is 8.78 Å². The lowest BCUT2D eigenvalue weighted by molar-refractivity contribution is 0.395. The van der Waals surface area contributed by atoms with Gasteiger partial charge in [0.15, 0.2) is 0 Å². The molecule has 1 aromatic heterocycles. The summed E-state index contributed by atoms with van der Waals surface area (Å²) >= 11 is 0. The molecule has 2 aromatic carbocycles. The maximum absolute atomic E-state index is 14.0. The molecule has 1 unspecified atom stereocenters. The van der Waals surface area contributed by atoms with Gasteiger partial charge in [-0.05, 0) is 54.3 Å². The van der Waals surface area contributed by atoms with Crippen LogP contribution in [0.1, 0.15) is 36.1 Å². The minimum absolute atomic E-state index is 0.176. The quantitative estimate of drug-likeness (QED) is 0.435. The number of rotatable bonds is 6. The highest BCUT2D eigenvalue weighted by Gasteiger charge is 2.32. The first-order valence-electron chi connectivity index (χ1n) is 11.7. The summed E-state index contributed by atoms with van der Waals surface area (Å²) in [5, 5.41) is 14.5. The molecule has 2 aliphatic heterocycles. The number of halogens is 2. The molecule has 0 radical (unpaired) electrons. The molecule has 7 nitrogen and oxygen atoms in total. The number of nitrogens with one attached hydrogen (secondary N) is 3. The molecule has 182 valence electrons. The molecule has 35 heavy (non-hydrogen) atoms. The first-order valence-corrected chi connectivity index (χ1v) is 11.7. The molecule has 0 fully saturated rings. The van der Waals surface area contributed by atoms with Gasteiger partial charge in [-0.3, -0.25) is 10.4 Å². The molecule has 0 saturated carbocycles. The highest BCUT2D eigenvalue weighted by atomic mass is 19.1. The number of hydrogen-bond acceptors (Lipinski definition) is 6. The predicted octanol–water partition coefficient (Wildman–Crippen LogP) is 3.69. The van der Waals surface area contributed by atoms with Gasteiger partial charge in [-0.15, -0.1) is 0 Å². The van der Waals surface area contributed by atoms with E-state index in [1.165, 1.54) is 23.3 Å². The third-order valence-electron chi connectivity index (χ3n) is 6.14. The Labute approximate surface area is 203 Å². The van der Waals surface area contributed by atoms with E-state index in [4.69, 9.17) is 5.73 Å². The fourth-order valence-corrected chi connectivity index (χ4v) is 4.44. The Bertz CT molecular complexity index is 1290. The summed E-state index contributed by atoms with van der Waals surface area (Å²) in [6, 6.07) is 9.41. The molecule has 3 heterocycles. The molecule has 2 aliphatic rings. The van der Waals surface area contributed by atoms with Gasteiger partial charge in [-0.25, -0.2) is 13.8 Å². The molecule has 5 rings (SSSR count). The van der Waals surface area contributed by atoms with Crippen molar-refractivity contribution in [3.63, 3.8) is 0 Å². The zero-order valence-corrected chi connectivity index (χ0v) is 19.8. The standard InChI is InChI=1S/C26H29F2N7/c1-16(2)14-35-15-19(12-32-35)24-13-31-26(29,20-8-21(27)10-22(28)9-20)34-25(24)33-23-4-3-17-5-6-30-11-18(17)7-23/h3-4,7-10,12-13,15-16,30,33-34H,5-6,11,14,29H2,1-2H3. The molecule has 1 atom stereocenters. The van der Waals surface area contributed by atoms with Crippen LogP contribution < -0.4 is 21.7 Å². The van der Waals surface area contributed by atoms with E-state index < -0.39 is 17.4 Å². The second-order valence-corrected chi connectivity index (χ2v) is 9.48. The molecule has 0 bridgehead atoms. The van der Waals surface area contributed by atoms with Gasteiger partial charge in [0.25, 0.3) is 0 Å². The Morgan fingerprint density at radius 3 is 2.71 bits per heavy atom. The number of nitrogens with two attached hydrogens (primary N) is 1. The molecule has 0 spiro atoms. The lowest BCUT2D eigenvalue weighted by Gasteiger charge is -2.34. The second kappa shape index (κ2) is 9.24. The normalized spacial score (nSPS) is 19.6. The summed E-state index contributed by atoms with van der Waals surface area (Å²) in [4.78, 5) is 4.47. The van der Waals surface area contributed by atoms with Crippen LogP contribution in [0.5, 0.6) is 0 Å². The van der Waals surface area contributed by atoms with E-state index in [9.17, 15) is 8.78 Å². The van der Waals surface area contributed by atoms with Gasteiger partial charge in [-0.2, -0.15) is 5.10 Å². The van der Waals surface area contributed by atoms with E-state index in [-0.39, 0.29) is 5.56 Å². The zero-order chi connectivity index (χ0) is 24.6. The van der Waals surface area contributed by atoms with Crippen molar-refractivity contribution in [2.24, 2.45) is 16.6 Å². The van der Waals surface area contributed by atoms with Crippen molar-refractivity contribution in [1.29, 1.82) is 0 Å². The van der Waals surface area contributed by atoms with Gasteiger partial charge in [0, 0.05) is 54.0 Å². The van der Waals surface area contributed by atoms with Crippen molar-refractivity contribution in [3.8, 4) is 0 Å². The highest BCUT2D eigenvalue weighted by molar-refractivity contribution is 6.12. The van der Waals surface area contributed by atoms with Crippen molar-refractivity contribution in [3.05, 3.63) is 88.5 Å². The summed E-state index contributed by atoms with van der Waals surface area (Å²) < 4.78 is 29.9. The fraction of sp³-hybridized carbons (Fsp3) is 0.308. The maximum atomic E-state index is 14.0. The molecule has 5 N–H and O–H groups in total. The maximum Gasteiger partial charge on any atom is 0.210 e. The van der Waals surface area contributed by atoms with Crippen LogP contribution in [-0.4, -0.2) is 22.5 Å². The van der Waals surface area contributed by atoms with E-state index in [2.05, 4.69) is 52.0 Å². The molecule has 0 aliphatic carbocycles. The predicted molar refractivity (Wildman–Crippen MR) is 133 cm³/mol. The minimum Gasteiger partial charge on any atom is -0.341 e. The number of anilines is 1. The Balaban J connectivity index is 1.53. The van der Waals surface area contributed by atoms with Crippen LogP contribution in [0.4, 0.5) is 14.5 Å². The average Bonchev–Trinajstić information content (AvgIpc) is 3.26. The van der Waals surface area contributed by atoms with Crippen LogP contribution in [0.2, 0.25) is 0 Å². The number of fused-ring (bicyclic) bond motifs is 1. The highest BCUT2D eigenvalue weighted by Crippen LogP contribution is 2.29. The lowest BCUT2D eigenvalue weighted by Crippen LogP contribution is -2.51. The minimum atomic E-state index is -1.56. The Morgan fingerprint density at radius 2 is 1.94 bits per heavy atom. The Kier molecular flexibility index (Phi) is 6.12. The molecular weight excluding hydrogens is 448 g/mol. The smallest absolute Gasteiger partial charge is 0.210 e. The van der Waals surface area contributed by atoms with Crippen molar-refractivity contribution in [1.82, 2.24) is 20.4 Å². The summed E-state index contributed by atoms with van der Waals surface area (Å²) in [6.07, 6.45) is 6.33. The van der Waals surface area contributed by atoms with Crippen molar-refractivity contribution in [2.75, 3.05) is 11.9 Å². The van der Waals surface area contributed by atoms with Crippen molar-refractivity contribution >= 4 is 17.5 Å².